The second-order valence-corrected chi connectivity index (χ2v) is 6.15. The number of alkyl halides is 3. The normalized spacial score (nSPS) is 11.6. The molecule has 0 unspecified atom stereocenters. The van der Waals surface area contributed by atoms with Crippen molar-refractivity contribution in [1.82, 2.24) is 19.8 Å². The fraction of sp³-hybridized carbons (Fsp3) is 0.235. The van der Waals surface area contributed by atoms with Crippen LogP contribution in [0.3, 0.4) is 0 Å². The van der Waals surface area contributed by atoms with Gasteiger partial charge in [-0.05, 0) is 46.7 Å². The van der Waals surface area contributed by atoms with Gasteiger partial charge in [0.15, 0.2) is 0 Å². The molecule has 3 aromatic rings. The molecule has 0 aliphatic heterocycles. The van der Waals surface area contributed by atoms with E-state index >= 15 is 0 Å². The standard InChI is InChI=1S/C17H14F3N5O3/c1-11-8-13(4-7-15(11)25(27)28)10-24-16(26)23(21-22-24)9-12-2-5-14(6-3-12)17(18,19)20/h2-8H,9-10H2,1H3. The molecule has 28 heavy (non-hydrogen) atoms. The summed E-state index contributed by atoms with van der Waals surface area (Å²) < 4.78 is 39.9. The number of benzene rings is 2. The van der Waals surface area contributed by atoms with E-state index in [0.717, 1.165) is 21.5 Å². The van der Waals surface area contributed by atoms with Gasteiger partial charge in [-0.3, -0.25) is 10.1 Å². The number of halogens is 3. The Hall–Kier alpha value is -3.50. The lowest BCUT2D eigenvalue weighted by atomic mass is 10.1. The summed E-state index contributed by atoms with van der Waals surface area (Å²) in [5.74, 6) is 0. The monoisotopic (exact) mass is 393 g/mol. The number of rotatable bonds is 5. The molecule has 1 heterocycles. The highest BCUT2D eigenvalue weighted by molar-refractivity contribution is 5.41. The zero-order valence-corrected chi connectivity index (χ0v) is 14.6. The molecule has 1 aromatic heterocycles. The van der Waals surface area contributed by atoms with E-state index in [-0.39, 0.29) is 18.8 Å². The summed E-state index contributed by atoms with van der Waals surface area (Å²) in [5, 5.41) is 18.3. The minimum Gasteiger partial charge on any atom is -0.258 e. The van der Waals surface area contributed by atoms with Gasteiger partial charge in [0, 0.05) is 11.6 Å². The van der Waals surface area contributed by atoms with Crippen molar-refractivity contribution in [3.8, 4) is 0 Å². The van der Waals surface area contributed by atoms with Gasteiger partial charge in [0.25, 0.3) is 5.69 Å². The lowest BCUT2D eigenvalue weighted by molar-refractivity contribution is -0.385. The molecule has 146 valence electrons. The quantitative estimate of drug-likeness (QED) is 0.491. The fourth-order valence-corrected chi connectivity index (χ4v) is 2.67. The zero-order chi connectivity index (χ0) is 20.5. The van der Waals surface area contributed by atoms with Crippen molar-refractivity contribution in [2.24, 2.45) is 0 Å². The summed E-state index contributed by atoms with van der Waals surface area (Å²) in [6.45, 7) is 1.62. The van der Waals surface area contributed by atoms with Crippen molar-refractivity contribution in [3.63, 3.8) is 0 Å². The highest BCUT2D eigenvalue weighted by Crippen LogP contribution is 2.29. The molecule has 11 heteroatoms. The maximum absolute atomic E-state index is 12.6. The molecule has 0 N–H and O–H groups in total. The number of nitro benzene ring substituents is 1. The van der Waals surface area contributed by atoms with Crippen molar-refractivity contribution < 1.29 is 18.1 Å². The van der Waals surface area contributed by atoms with Crippen molar-refractivity contribution in [2.45, 2.75) is 26.2 Å². The molecule has 0 radical (unpaired) electrons. The Morgan fingerprint density at radius 3 is 2.04 bits per heavy atom. The molecule has 8 nitrogen and oxygen atoms in total. The van der Waals surface area contributed by atoms with Crippen LogP contribution in [0.25, 0.3) is 0 Å². The van der Waals surface area contributed by atoms with Crippen LogP contribution in [0.1, 0.15) is 22.3 Å². The second-order valence-electron chi connectivity index (χ2n) is 6.15. The topological polar surface area (TPSA) is 95.8 Å². The van der Waals surface area contributed by atoms with Gasteiger partial charge in [0.05, 0.1) is 23.6 Å². The molecule has 0 amide bonds. The van der Waals surface area contributed by atoms with Gasteiger partial charge in [0.2, 0.25) is 0 Å². The van der Waals surface area contributed by atoms with E-state index in [4.69, 9.17) is 0 Å². The van der Waals surface area contributed by atoms with Gasteiger partial charge >= 0.3 is 11.9 Å². The average molecular weight is 393 g/mol. The first-order valence-electron chi connectivity index (χ1n) is 8.06. The molecule has 0 aliphatic rings. The van der Waals surface area contributed by atoms with Crippen LogP contribution < -0.4 is 5.69 Å². The lowest BCUT2D eigenvalue weighted by Gasteiger charge is -2.07. The average Bonchev–Trinajstić information content (AvgIpc) is 2.94. The van der Waals surface area contributed by atoms with Gasteiger partial charge < -0.3 is 0 Å². The molecule has 0 aliphatic carbocycles. The predicted octanol–water partition coefficient (Wildman–Crippen LogP) is 2.77. The van der Waals surface area contributed by atoms with Crippen LogP contribution >= 0.6 is 0 Å². The van der Waals surface area contributed by atoms with E-state index < -0.39 is 22.4 Å². The first-order valence-corrected chi connectivity index (χ1v) is 8.06. The van der Waals surface area contributed by atoms with E-state index in [1.54, 1.807) is 13.0 Å². The number of nitro groups is 1. The molecule has 0 saturated carbocycles. The van der Waals surface area contributed by atoms with Crippen LogP contribution in [0.2, 0.25) is 0 Å². The van der Waals surface area contributed by atoms with E-state index in [1.807, 2.05) is 0 Å². The SMILES string of the molecule is Cc1cc(Cn2nnn(Cc3ccc(C(F)(F)F)cc3)c2=O)ccc1[N+](=O)[O-]. The predicted molar refractivity (Wildman–Crippen MR) is 91.8 cm³/mol. The van der Waals surface area contributed by atoms with E-state index in [9.17, 15) is 28.1 Å². The number of aromatic nitrogens is 4. The highest BCUT2D eigenvalue weighted by atomic mass is 19.4. The molecule has 0 bridgehead atoms. The van der Waals surface area contributed by atoms with Crippen LogP contribution in [0.15, 0.2) is 47.3 Å². The molecule has 3 rings (SSSR count). The summed E-state index contributed by atoms with van der Waals surface area (Å²) >= 11 is 0. The van der Waals surface area contributed by atoms with Crippen molar-refractivity contribution >= 4 is 5.69 Å². The summed E-state index contributed by atoms with van der Waals surface area (Å²) in [4.78, 5) is 22.7. The Morgan fingerprint density at radius 1 is 1.00 bits per heavy atom. The summed E-state index contributed by atoms with van der Waals surface area (Å²) in [6.07, 6.45) is -4.43. The Morgan fingerprint density at radius 2 is 1.54 bits per heavy atom. The molecule has 0 fully saturated rings. The Kier molecular flexibility index (Phi) is 4.99. The number of nitrogens with zero attached hydrogens (tertiary/aromatic N) is 5. The van der Waals surface area contributed by atoms with Crippen molar-refractivity contribution in [2.75, 3.05) is 0 Å². The third kappa shape index (κ3) is 4.08. The van der Waals surface area contributed by atoms with Crippen LogP contribution in [0.4, 0.5) is 18.9 Å². The lowest BCUT2D eigenvalue weighted by Crippen LogP contribution is -2.26. The van der Waals surface area contributed by atoms with Crippen molar-refractivity contribution in [3.05, 3.63) is 85.3 Å². The Bertz CT molecular complexity index is 1070. The molecule has 2 aromatic carbocycles. The first-order chi connectivity index (χ1) is 13.1. The number of tetrazole rings is 1. The van der Waals surface area contributed by atoms with Gasteiger partial charge in [-0.1, -0.05) is 18.2 Å². The molecular formula is C17H14F3N5O3. The van der Waals surface area contributed by atoms with Crippen LogP contribution in [0.5, 0.6) is 0 Å². The van der Waals surface area contributed by atoms with Gasteiger partial charge in [-0.2, -0.15) is 22.5 Å². The summed E-state index contributed by atoms with van der Waals surface area (Å²) in [7, 11) is 0. The fourth-order valence-electron chi connectivity index (χ4n) is 2.67. The van der Waals surface area contributed by atoms with Crippen LogP contribution in [-0.4, -0.2) is 24.7 Å². The minimum absolute atomic E-state index is 0.0259. The molecule has 0 atom stereocenters. The van der Waals surface area contributed by atoms with Gasteiger partial charge in [0.1, 0.15) is 0 Å². The maximum atomic E-state index is 12.6. The van der Waals surface area contributed by atoms with Gasteiger partial charge in [-0.25, -0.2) is 4.79 Å². The third-order valence-corrected chi connectivity index (χ3v) is 4.10. The summed E-state index contributed by atoms with van der Waals surface area (Å²) in [6, 6.07) is 8.87. The van der Waals surface area contributed by atoms with E-state index in [1.165, 1.54) is 24.3 Å². The maximum Gasteiger partial charge on any atom is 0.416 e. The zero-order valence-electron chi connectivity index (χ0n) is 14.6. The second kappa shape index (κ2) is 7.25. The largest absolute Gasteiger partial charge is 0.416 e. The molecular weight excluding hydrogens is 379 g/mol. The third-order valence-electron chi connectivity index (χ3n) is 4.10. The molecule has 0 spiro atoms. The smallest absolute Gasteiger partial charge is 0.258 e. The number of aryl methyl sites for hydroxylation is 1. The minimum atomic E-state index is -4.43. The first kappa shape index (κ1) is 19.3. The van der Waals surface area contributed by atoms with Crippen LogP contribution in [0, 0.1) is 17.0 Å². The Labute approximate surface area is 156 Å². The number of hydrogen-bond acceptors (Lipinski definition) is 5. The van der Waals surface area contributed by atoms with Crippen LogP contribution in [-0.2, 0) is 19.3 Å². The molecule has 0 saturated heterocycles. The highest BCUT2D eigenvalue weighted by Gasteiger charge is 2.29. The van der Waals surface area contributed by atoms with E-state index in [0.29, 0.717) is 16.7 Å². The summed E-state index contributed by atoms with van der Waals surface area (Å²) in [5.41, 5.74) is 0.201. The Balaban J connectivity index is 1.76. The van der Waals surface area contributed by atoms with E-state index in [2.05, 4.69) is 10.4 Å². The van der Waals surface area contributed by atoms with Gasteiger partial charge in [-0.15, -0.1) is 0 Å². The number of hydrogen-bond donors (Lipinski definition) is 0. The van der Waals surface area contributed by atoms with Crippen molar-refractivity contribution in [1.29, 1.82) is 0 Å².